The predicted octanol–water partition coefficient (Wildman–Crippen LogP) is 5.42. The summed E-state index contributed by atoms with van der Waals surface area (Å²) >= 11 is 6.19. The Hall–Kier alpha value is -2.24. The quantitative estimate of drug-likeness (QED) is 0.635. The number of hydrogen-bond donors (Lipinski definition) is 0. The normalized spacial score (nSPS) is 10.8. The van der Waals surface area contributed by atoms with E-state index < -0.39 is 0 Å². The van der Waals surface area contributed by atoms with E-state index in [4.69, 9.17) is 11.6 Å². The molecule has 0 N–H and O–H groups in total. The van der Waals surface area contributed by atoms with Gasteiger partial charge in [0, 0.05) is 21.8 Å². The van der Waals surface area contributed by atoms with Crippen LogP contribution in [0.4, 0.5) is 0 Å². The summed E-state index contributed by atoms with van der Waals surface area (Å²) in [6.45, 7) is 4.20. The van der Waals surface area contributed by atoms with Crippen LogP contribution in [0.5, 0.6) is 0 Å². The van der Waals surface area contributed by atoms with E-state index in [2.05, 4.69) is 48.7 Å². The van der Waals surface area contributed by atoms with E-state index in [1.54, 1.807) is 0 Å². The van der Waals surface area contributed by atoms with Crippen molar-refractivity contribution in [3.63, 3.8) is 0 Å². The highest BCUT2D eigenvalue weighted by Gasteiger charge is 2.17. The number of fused-ring (bicyclic) bond motifs is 1. The lowest BCUT2D eigenvalue weighted by Gasteiger charge is -2.11. The summed E-state index contributed by atoms with van der Waals surface area (Å²) in [6, 6.07) is 16.5. The largest absolute Gasteiger partial charge is 0.312 e. The maximum Gasteiger partial charge on any atom is 0.102 e. The molecule has 2 nitrogen and oxygen atoms in total. The van der Waals surface area contributed by atoms with E-state index in [9.17, 15) is 5.26 Å². The SMILES string of the molecule is CCCc1c(C#N)c2ccc(Cl)cc2n1-c1ccc(C)cc1. The highest BCUT2D eigenvalue weighted by molar-refractivity contribution is 6.31. The zero-order chi connectivity index (χ0) is 15.7. The average Bonchev–Trinajstić information content (AvgIpc) is 2.81. The molecule has 2 aromatic carbocycles. The Labute approximate surface area is 135 Å². The molecule has 3 heteroatoms. The van der Waals surface area contributed by atoms with Crippen molar-refractivity contribution in [1.82, 2.24) is 4.57 Å². The first kappa shape index (κ1) is 14.7. The van der Waals surface area contributed by atoms with Crippen LogP contribution in [0.15, 0.2) is 42.5 Å². The molecule has 1 aromatic heterocycles. The average molecular weight is 309 g/mol. The summed E-state index contributed by atoms with van der Waals surface area (Å²) in [7, 11) is 0. The third-order valence-electron chi connectivity index (χ3n) is 3.92. The first-order valence-electron chi connectivity index (χ1n) is 7.45. The molecule has 0 atom stereocenters. The fourth-order valence-corrected chi connectivity index (χ4v) is 3.07. The zero-order valence-electron chi connectivity index (χ0n) is 12.7. The van der Waals surface area contributed by atoms with E-state index >= 15 is 0 Å². The molecule has 0 amide bonds. The van der Waals surface area contributed by atoms with Gasteiger partial charge in [-0.15, -0.1) is 0 Å². The minimum atomic E-state index is 0.686. The summed E-state index contributed by atoms with van der Waals surface area (Å²) in [5.74, 6) is 0. The molecule has 0 spiro atoms. The second kappa shape index (κ2) is 5.87. The molecule has 0 unspecified atom stereocenters. The number of rotatable bonds is 3. The minimum Gasteiger partial charge on any atom is -0.312 e. The third kappa shape index (κ3) is 2.38. The molecule has 0 bridgehead atoms. The van der Waals surface area contributed by atoms with Gasteiger partial charge in [-0.05, 0) is 43.7 Å². The number of nitriles is 1. The maximum atomic E-state index is 9.62. The van der Waals surface area contributed by atoms with Crippen molar-refractivity contribution in [3.05, 3.63) is 64.3 Å². The van der Waals surface area contributed by atoms with Gasteiger partial charge in [-0.1, -0.05) is 42.6 Å². The van der Waals surface area contributed by atoms with E-state index in [-0.39, 0.29) is 0 Å². The molecular formula is C19H17ClN2. The second-order valence-corrected chi connectivity index (χ2v) is 5.95. The van der Waals surface area contributed by atoms with Crippen LogP contribution in [0.3, 0.4) is 0 Å². The predicted molar refractivity (Wildman–Crippen MR) is 91.7 cm³/mol. The second-order valence-electron chi connectivity index (χ2n) is 5.52. The van der Waals surface area contributed by atoms with E-state index in [0.717, 1.165) is 40.7 Å². The highest BCUT2D eigenvalue weighted by Crippen LogP contribution is 2.32. The number of benzene rings is 2. The Bertz CT molecular complexity index is 867. The van der Waals surface area contributed by atoms with Crippen LogP contribution in [0.1, 0.15) is 30.2 Å². The molecule has 0 aliphatic rings. The van der Waals surface area contributed by atoms with Gasteiger partial charge in [0.15, 0.2) is 0 Å². The molecule has 110 valence electrons. The maximum absolute atomic E-state index is 9.62. The molecule has 0 radical (unpaired) electrons. The number of aryl methyl sites for hydroxylation is 1. The van der Waals surface area contributed by atoms with Crippen molar-refractivity contribution in [1.29, 1.82) is 5.26 Å². The van der Waals surface area contributed by atoms with Crippen LogP contribution in [0.25, 0.3) is 16.6 Å². The molecule has 0 saturated heterocycles. The molecule has 0 fully saturated rings. The van der Waals surface area contributed by atoms with Gasteiger partial charge in [0.25, 0.3) is 0 Å². The molecule has 0 saturated carbocycles. The van der Waals surface area contributed by atoms with Gasteiger partial charge in [-0.3, -0.25) is 0 Å². The monoisotopic (exact) mass is 308 g/mol. The van der Waals surface area contributed by atoms with Gasteiger partial charge in [0.05, 0.1) is 11.1 Å². The summed E-state index contributed by atoms with van der Waals surface area (Å²) in [6.07, 6.45) is 1.85. The van der Waals surface area contributed by atoms with Crippen molar-refractivity contribution in [2.24, 2.45) is 0 Å². The van der Waals surface area contributed by atoms with Crippen molar-refractivity contribution < 1.29 is 0 Å². The molecule has 1 heterocycles. The standard InChI is InChI=1S/C19H17ClN2/c1-3-4-18-17(12-21)16-10-7-14(20)11-19(16)22(18)15-8-5-13(2)6-9-15/h5-11H,3-4H2,1-2H3. The molecule has 3 aromatic rings. The van der Waals surface area contributed by atoms with Crippen LogP contribution in [-0.2, 0) is 6.42 Å². The number of aromatic nitrogens is 1. The fourth-order valence-electron chi connectivity index (χ4n) is 2.90. The van der Waals surface area contributed by atoms with Crippen molar-refractivity contribution in [2.45, 2.75) is 26.7 Å². The van der Waals surface area contributed by atoms with Gasteiger partial charge in [0.1, 0.15) is 6.07 Å². The lowest BCUT2D eigenvalue weighted by atomic mass is 10.1. The topological polar surface area (TPSA) is 28.7 Å². The van der Waals surface area contributed by atoms with Crippen molar-refractivity contribution in [3.8, 4) is 11.8 Å². The van der Waals surface area contributed by atoms with Crippen LogP contribution in [-0.4, -0.2) is 4.57 Å². The number of halogens is 1. The van der Waals surface area contributed by atoms with Crippen LogP contribution in [0.2, 0.25) is 5.02 Å². The minimum absolute atomic E-state index is 0.686. The van der Waals surface area contributed by atoms with Gasteiger partial charge < -0.3 is 4.57 Å². The Morgan fingerprint density at radius 2 is 1.86 bits per heavy atom. The molecular weight excluding hydrogens is 292 g/mol. The first-order valence-corrected chi connectivity index (χ1v) is 7.83. The van der Waals surface area contributed by atoms with Gasteiger partial charge >= 0.3 is 0 Å². The van der Waals surface area contributed by atoms with E-state index in [1.165, 1.54) is 5.56 Å². The smallest absolute Gasteiger partial charge is 0.102 e. The Balaban J connectivity index is 2.39. The van der Waals surface area contributed by atoms with Crippen molar-refractivity contribution >= 4 is 22.5 Å². The van der Waals surface area contributed by atoms with Gasteiger partial charge in [-0.2, -0.15) is 5.26 Å². The Morgan fingerprint density at radius 3 is 2.50 bits per heavy atom. The summed E-state index contributed by atoms with van der Waals surface area (Å²) in [4.78, 5) is 0. The first-order chi connectivity index (χ1) is 10.7. The van der Waals surface area contributed by atoms with Crippen LogP contribution < -0.4 is 0 Å². The highest BCUT2D eigenvalue weighted by atomic mass is 35.5. The van der Waals surface area contributed by atoms with Gasteiger partial charge in [-0.25, -0.2) is 0 Å². The van der Waals surface area contributed by atoms with Crippen LogP contribution in [0, 0.1) is 18.3 Å². The third-order valence-corrected chi connectivity index (χ3v) is 4.15. The number of nitrogens with zero attached hydrogens (tertiary/aromatic N) is 2. The summed E-state index contributed by atoms with van der Waals surface area (Å²) in [5, 5.41) is 11.3. The molecule has 0 aliphatic heterocycles. The summed E-state index contributed by atoms with van der Waals surface area (Å²) in [5.41, 5.74) is 5.11. The Morgan fingerprint density at radius 1 is 1.14 bits per heavy atom. The van der Waals surface area contributed by atoms with Crippen LogP contribution >= 0.6 is 11.6 Å². The lowest BCUT2D eigenvalue weighted by Crippen LogP contribution is -2.01. The van der Waals surface area contributed by atoms with E-state index in [1.807, 2.05) is 18.2 Å². The molecule has 0 aliphatic carbocycles. The van der Waals surface area contributed by atoms with E-state index in [0.29, 0.717) is 5.02 Å². The summed E-state index contributed by atoms with van der Waals surface area (Å²) < 4.78 is 2.17. The number of hydrogen-bond acceptors (Lipinski definition) is 1. The molecule has 22 heavy (non-hydrogen) atoms. The van der Waals surface area contributed by atoms with Gasteiger partial charge in [0.2, 0.25) is 0 Å². The van der Waals surface area contributed by atoms with Crippen molar-refractivity contribution in [2.75, 3.05) is 0 Å². The molecule has 3 rings (SSSR count). The Kier molecular flexibility index (Phi) is 3.92. The lowest BCUT2D eigenvalue weighted by molar-refractivity contribution is 0.850. The fraction of sp³-hybridized carbons (Fsp3) is 0.211. The zero-order valence-corrected chi connectivity index (χ0v) is 13.5.